The average molecular weight is 236 g/mol. The Bertz CT molecular complexity index is 439. The van der Waals surface area contributed by atoms with Crippen LogP contribution in [0, 0.1) is 0 Å². The van der Waals surface area contributed by atoms with Crippen LogP contribution in [-0.4, -0.2) is 26.6 Å². The summed E-state index contributed by atoms with van der Waals surface area (Å²) in [5.41, 5.74) is 1.82. The maximum absolute atomic E-state index is 11.6. The molecule has 0 amide bonds. The van der Waals surface area contributed by atoms with E-state index in [1.807, 2.05) is 12.1 Å². The van der Waals surface area contributed by atoms with E-state index in [0.717, 1.165) is 23.3 Å². The maximum Gasteiger partial charge on any atom is 0.163 e. The number of rotatable bonds is 3. The zero-order valence-corrected chi connectivity index (χ0v) is 10.3. The van der Waals surface area contributed by atoms with Crippen LogP contribution in [0.5, 0.6) is 11.5 Å². The third kappa shape index (κ3) is 2.00. The van der Waals surface area contributed by atoms with Crippen molar-refractivity contribution in [2.45, 2.75) is 19.4 Å². The van der Waals surface area contributed by atoms with Crippen molar-refractivity contribution in [2.75, 3.05) is 20.8 Å². The lowest BCUT2D eigenvalue weighted by molar-refractivity contribution is -0.129. The summed E-state index contributed by atoms with van der Waals surface area (Å²) >= 11 is 0. The predicted molar refractivity (Wildman–Crippen MR) is 62.6 cm³/mol. The van der Waals surface area contributed by atoms with Gasteiger partial charge in [0.15, 0.2) is 5.78 Å². The van der Waals surface area contributed by atoms with Gasteiger partial charge < -0.3 is 14.2 Å². The minimum atomic E-state index is -0.538. The minimum absolute atomic E-state index is 0.0162. The number of carbonyl (C=O) groups is 1. The molecule has 0 N–H and O–H groups in total. The third-order valence-electron chi connectivity index (χ3n) is 2.98. The second kappa shape index (κ2) is 4.75. The highest BCUT2D eigenvalue weighted by atomic mass is 16.5. The number of carbonyl (C=O) groups excluding carboxylic acids is 1. The highest BCUT2D eigenvalue weighted by Crippen LogP contribution is 2.39. The Hall–Kier alpha value is -1.55. The molecule has 1 atom stereocenters. The Labute approximate surface area is 100 Å². The van der Waals surface area contributed by atoms with Crippen LogP contribution in [0.25, 0.3) is 0 Å². The molecule has 1 aliphatic rings. The van der Waals surface area contributed by atoms with Crippen molar-refractivity contribution in [1.29, 1.82) is 0 Å². The number of hydrogen-bond donors (Lipinski definition) is 0. The topological polar surface area (TPSA) is 44.8 Å². The van der Waals surface area contributed by atoms with E-state index in [-0.39, 0.29) is 5.78 Å². The fourth-order valence-corrected chi connectivity index (χ4v) is 2.22. The van der Waals surface area contributed by atoms with Gasteiger partial charge in [-0.15, -0.1) is 0 Å². The molecule has 1 aromatic carbocycles. The second-order valence-electron chi connectivity index (χ2n) is 3.97. The van der Waals surface area contributed by atoms with Crippen molar-refractivity contribution >= 4 is 5.78 Å². The summed E-state index contributed by atoms with van der Waals surface area (Å²) in [6, 6.07) is 3.67. The lowest BCUT2D eigenvalue weighted by Crippen LogP contribution is -2.23. The number of Topliss-reactive ketones (excluding diaryl/α,β-unsaturated/α-hetero) is 1. The molecular weight excluding hydrogens is 220 g/mol. The first kappa shape index (κ1) is 11.9. The van der Waals surface area contributed by atoms with Gasteiger partial charge in [-0.05, 0) is 25.5 Å². The van der Waals surface area contributed by atoms with Crippen molar-refractivity contribution in [2.24, 2.45) is 0 Å². The molecule has 0 spiro atoms. The number of fused-ring (bicyclic) bond motifs is 1. The second-order valence-corrected chi connectivity index (χ2v) is 3.97. The molecule has 92 valence electrons. The van der Waals surface area contributed by atoms with E-state index in [0.29, 0.717) is 12.4 Å². The quantitative estimate of drug-likeness (QED) is 0.804. The molecule has 4 nitrogen and oxygen atoms in total. The summed E-state index contributed by atoms with van der Waals surface area (Å²) < 4.78 is 16.1. The maximum atomic E-state index is 11.6. The third-order valence-corrected chi connectivity index (χ3v) is 2.98. The highest BCUT2D eigenvalue weighted by molar-refractivity contribution is 5.84. The van der Waals surface area contributed by atoms with Crippen LogP contribution in [0.2, 0.25) is 0 Å². The van der Waals surface area contributed by atoms with Gasteiger partial charge in [-0.25, -0.2) is 0 Å². The Kier molecular flexibility index (Phi) is 3.33. The van der Waals surface area contributed by atoms with Gasteiger partial charge in [-0.3, -0.25) is 4.79 Å². The summed E-state index contributed by atoms with van der Waals surface area (Å²) in [6.07, 6.45) is 0.197. The summed E-state index contributed by atoms with van der Waals surface area (Å²) in [5.74, 6) is 1.45. The molecule has 0 bridgehead atoms. The van der Waals surface area contributed by atoms with E-state index in [9.17, 15) is 4.79 Å². The van der Waals surface area contributed by atoms with E-state index < -0.39 is 6.10 Å². The van der Waals surface area contributed by atoms with Crippen molar-refractivity contribution in [3.63, 3.8) is 0 Å². The summed E-state index contributed by atoms with van der Waals surface area (Å²) in [5, 5.41) is 0. The lowest BCUT2D eigenvalue weighted by Gasteiger charge is -2.27. The normalized spacial score (nSPS) is 18.4. The molecule has 0 radical (unpaired) electrons. The zero-order chi connectivity index (χ0) is 12.4. The predicted octanol–water partition coefficient (Wildman–Crippen LogP) is 1.91. The highest BCUT2D eigenvalue weighted by Gasteiger charge is 2.30. The van der Waals surface area contributed by atoms with Crippen LogP contribution in [0.4, 0.5) is 0 Å². The molecule has 0 saturated carbocycles. The van der Waals surface area contributed by atoms with Crippen molar-refractivity contribution in [3.05, 3.63) is 23.3 Å². The average Bonchev–Trinajstić information content (AvgIpc) is 2.36. The number of ketones is 1. The van der Waals surface area contributed by atoms with Gasteiger partial charge in [0.25, 0.3) is 0 Å². The molecule has 17 heavy (non-hydrogen) atoms. The molecule has 1 heterocycles. The van der Waals surface area contributed by atoms with Gasteiger partial charge in [0.05, 0.1) is 20.8 Å². The molecule has 0 aromatic heterocycles. The summed E-state index contributed by atoms with van der Waals surface area (Å²) in [4.78, 5) is 11.6. The van der Waals surface area contributed by atoms with E-state index in [4.69, 9.17) is 14.2 Å². The van der Waals surface area contributed by atoms with Crippen LogP contribution >= 0.6 is 0 Å². The fraction of sp³-hybridized carbons (Fsp3) is 0.462. The van der Waals surface area contributed by atoms with Gasteiger partial charge in [0.2, 0.25) is 0 Å². The lowest BCUT2D eigenvalue weighted by atomic mass is 9.93. The van der Waals surface area contributed by atoms with E-state index in [2.05, 4.69) is 0 Å². The van der Waals surface area contributed by atoms with Crippen LogP contribution in [0.1, 0.15) is 24.2 Å². The van der Waals surface area contributed by atoms with E-state index in [1.54, 1.807) is 14.2 Å². The van der Waals surface area contributed by atoms with Gasteiger partial charge in [-0.1, -0.05) is 0 Å². The molecule has 4 heteroatoms. The smallest absolute Gasteiger partial charge is 0.163 e. The van der Waals surface area contributed by atoms with Crippen molar-refractivity contribution in [3.8, 4) is 11.5 Å². The van der Waals surface area contributed by atoms with E-state index >= 15 is 0 Å². The Morgan fingerprint density at radius 1 is 1.29 bits per heavy atom. The van der Waals surface area contributed by atoms with Gasteiger partial charge >= 0.3 is 0 Å². The Morgan fingerprint density at radius 3 is 2.53 bits per heavy atom. The minimum Gasteiger partial charge on any atom is -0.496 e. The SMILES string of the molecule is COc1ccc(OC)c2c1CCOC2C(C)=O. The monoisotopic (exact) mass is 236 g/mol. The summed E-state index contributed by atoms with van der Waals surface area (Å²) in [7, 11) is 3.22. The molecule has 0 fully saturated rings. The first-order chi connectivity index (χ1) is 8.19. The van der Waals surface area contributed by atoms with Gasteiger partial charge in [0.1, 0.15) is 17.6 Å². The number of ether oxygens (including phenoxy) is 3. The Morgan fingerprint density at radius 2 is 1.94 bits per heavy atom. The van der Waals surface area contributed by atoms with Gasteiger partial charge in [-0.2, -0.15) is 0 Å². The molecular formula is C13H16O4. The zero-order valence-electron chi connectivity index (χ0n) is 10.3. The molecule has 0 saturated heterocycles. The van der Waals surface area contributed by atoms with Crippen LogP contribution in [0.3, 0.4) is 0 Å². The van der Waals surface area contributed by atoms with Crippen LogP contribution < -0.4 is 9.47 Å². The Balaban J connectivity index is 2.60. The number of methoxy groups -OCH3 is 2. The molecule has 1 aromatic rings. The molecule has 1 unspecified atom stereocenters. The van der Waals surface area contributed by atoms with E-state index in [1.165, 1.54) is 6.92 Å². The van der Waals surface area contributed by atoms with Crippen molar-refractivity contribution < 1.29 is 19.0 Å². The van der Waals surface area contributed by atoms with Gasteiger partial charge in [0, 0.05) is 11.1 Å². The molecule has 2 rings (SSSR count). The number of hydrogen-bond acceptors (Lipinski definition) is 4. The molecule has 1 aliphatic heterocycles. The first-order valence-electron chi connectivity index (χ1n) is 5.54. The largest absolute Gasteiger partial charge is 0.496 e. The molecule has 0 aliphatic carbocycles. The van der Waals surface area contributed by atoms with Crippen molar-refractivity contribution in [1.82, 2.24) is 0 Å². The summed E-state index contributed by atoms with van der Waals surface area (Å²) in [6.45, 7) is 2.06. The van der Waals surface area contributed by atoms with Crippen LogP contribution in [-0.2, 0) is 16.0 Å². The number of benzene rings is 1. The standard InChI is InChI=1S/C13H16O4/c1-8(14)13-12-9(6-7-17-13)10(15-2)4-5-11(12)16-3/h4-5,13H,6-7H2,1-3H3. The van der Waals surface area contributed by atoms with Crippen LogP contribution in [0.15, 0.2) is 12.1 Å². The first-order valence-corrected chi connectivity index (χ1v) is 5.54. The fourth-order valence-electron chi connectivity index (χ4n) is 2.22.